The second-order valence-corrected chi connectivity index (χ2v) is 5.78. The standard InChI is InChI=1S/C14H23N3O4/c1-2-8-17(9-7-15-20)13(19)11-14(5-3-4-6-14)10-12(18)16-21/h2-11H2,1H3. The van der Waals surface area contributed by atoms with Crippen molar-refractivity contribution in [2.75, 3.05) is 19.6 Å². The van der Waals surface area contributed by atoms with Gasteiger partial charge in [-0.05, 0) is 24.7 Å². The fourth-order valence-corrected chi connectivity index (χ4v) is 3.12. The van der Waals surface area contributed by atoms with E-state index in [0.29, 0.717) is 13.1 Å². The van der Waals surface area contributed by atoms with Gasteiger partial charge in [0.05, 0.1) is 6.54 Å². The number of rotatable bonds is 9. The van der Waals surface area contributed by atoms with E-state index in [1.165, 1.54) is 0 Å². The molecule has 0 spiro atoms. The largest absolute Gasteiger partial charge is 0.341 e. The van der Waals surface area contributed by atoms with Gasteiger partial charge in [0.25, 0.3) is 5.91 Å². The highest BCUT2D eigenvalue weighted by Gasteiger charge is 2.39. The molecule has 0 aliphatic heterocycles. The van der Waals surface area contributed by atoms with Crippen molar-refractivity contribution in [1.82, 2.24) is 4.90 Å². The van der Waals surface area contributed by atoms with Crippen LogP contribution in [0.5, 0.6) is 0 Å². The minimum absolute atomic E-state index is 0.0497. The summed E-state index contributed by atoms with van der Waals surface area (Å²) in [7, 11) is 0. The lowest BCUT2D eigenvalue weighted by Crippen LogP contribution is -2.37. The molecule has 1 aliphatic carbocycles. The van der Waals surface area contributed by atoms with E-state index >= 15 is 0 Å². The number of nitrogens with zero attached hydrogens (tertiary/aromatic N) is 3. The fraction of sp³-hybridized carbons (Fsp3) is 0.857. The van der Waals surface area contributed by atoms with E-state index in [0.717, 1.165) is 32.1 Å². The molecule has 0 aromatic carbocycles. The van der Waals surface area contributed by atoms with Crippen LogP contribution in [0.4, 0.5) is 0 Å². The molecular formula is C14H23N3O4. The molecule has 0 N–H and O–H groups in total. The number of amides is 2. The van der Waals surface area contributed by atoms with Crippen LogP contribution >= 0.6 is 0 Å². The van der Waals surface area contributed by atoms with Gasteiger partial charge in [-0.25, -0.2) is 0 Å². The third-order valence-electron chi connectivity index (χ3n) is 4.13. The Balaban J connectivity index is 2.71. The third-order valence-corrected chi connectivity index (χ3v) is 4.13. The van der Waals surface area contributed by atoms with Crippen LogP contribution < -0.4 is 0 Å². The number of carbonyl (C=O) groups is 2. The first-order chi connectivity index (χ1) is 10.1. The van der Waals surface area contributed by atoms with Gasteiger partial charge in [0.2, 0.25) is 5.91 Å². The molecule has 1 saturated carbocycles. The topological polar surface area (TPSA) is 96.2 Å². The van der Waals surface area contributed by atoms with Crippen LogP contribution in [0.15, 0.2) is 10.4 Å². The normalized spacial score (nSPS) is 16.4. The maximum absolute atomic E-state index is 12.4. The maximum atomic E-state index is 12.4. The van der Waals surface area contributed by atoms with Gasteiger partial charge in [-0.15, -0.1) is 4.91 Å². The Morgan fingerprint density at radius 1 is 1.10 bits per heavy atom. The van der Waals surface area contributed by atoms with Crippen molar-refractivity contribution in [1.29, 1.82) is 0 Å². The molecule has 7 nitrogen and oxygen atoms in total. The first-order valence-corrected chi connectivity index (χ1v) is 7.50. The Labute approximate surface area is 124 Å². The Morgan fingerprint density at radius 3 is 2.29 bits per heavy atom. The van der Waals surface area contributed by atoms with E-state index in [-0.39, 0.29) is 25.3 Å². The van der Waals surface area contributed by atoms with Crippen molar-refractivity contribution in [2.24, 2.45) is 15.8 Å². The quantitative estimate of drug-likeness (QED) is 0.611. The lowest BCUT2D eigenvalue weighted by atomic mass is 9.79. The van der Waals surface area contributed by atoms with Gasteiger partial charge in [-0.1, -0.05) is 24.9 Å². The molecule has 21 heavy (non-hydrogen) atoms. The van der Waals surface area contributed by atoms with Crippen LogP contribution in [-0.4, -0.2) is 36.3 Å². The molecule has 7 heteroatoms. The molecule has 0 saturated heterocycles. The van der Waals surface area contributed by atoms with E-state index in [9.17, 15) is 19.4 Å². The lowest BCUT2D eigenvalue weighted by Gasteiger charge is -2.30. The highest BCUT2D eigenvalue weighted by atomic mass is 16.3. The Hall–Kier alpha value is -1.66. The van der Waals surface area contributed by atoms with Gasteiger partial charge in [-0.2, -0.15) is 4.91 Å². The number of carbonyl (C=O) groups excluding carboxylic acids is 2. The predicted molar refractivity (Wildman–Crippen MR) is 78.5 cm³/mol. The SMILES string of the molecule is CCCN(CCN=O)C(=O)CC1(CC(=O)N=O)CCCC1. The average Bonchev–Trinajstić information content (AvgIpc) is 2.91. The van der Waals surface area contributed by atoms with Crippen molar-refractivity contribution in [3.8, 4) is 0 Å². The lowest BCUT2D eigenvalue weighted by molar-refractivity contribution is -0.134. The van der Waals surface area contributed by atoms with E-state index in [1.807, 2.05) is 6.92 Å². The molecular weight excluding hydrogens is 274 g/mol. The van der Waals surface area contributed by atoms with Crippen LogP contribution in [0.2, 0.25) is 0 Å². The van der Waals surface area contributed by atoms with E-state index in [2.05, 4.69) is 10.4 Å². The summed E-state index contributed by atoms with van der Waals surface area (Å²) in [5.74, 6) is -0.748. The zero-order valence-corrected chi connectivity index (χ0v) is 12.5. The van der Waals surface area contributed by atoms with Gasteiger partial charge in [-0.3, -0.25) is 9.59 Å². The third kappa shape index (κ3) is 5.32. The molecule has 0 bridgehead atoms. The van der Waals surface area contributed by atoms with E-state index < -0.39 is 11.3 Å². The van der Waals surface area contributed by atoms with Gasteiger partial charge >= 0.3 is 0 Å². The fourth-order valence-electron chi connectivity index (χ4n) is 3.12. The van der Waals surface area contributed by atoms with Crippen LogP contribution in [0.1, 0.15) is 51.9 Å². The maximum Gasteiger partial charge on any atom is 0.286 e. The summed E-state index contributed by atoms with van der Waals surface area (Å²) in [5.41, 5.74) is -0.428. The molecule has 1 aliphatic rings. The Morgan fingerprint density at radius 2 is 1.76 bits per heavy atom. The van der Waals surface area contributed by atoms with E-state index in [4.69, 9.17) is 0 Å². The van der Waals surface area contributed by atoms with Crippen molar-refractivity contribution in [2.45, 2.75) is 51.9 Å². The summed E-state index contributed by atoms with van der Waals surface area (Å²) in [6.07, 6.45) is 4.55. The molecule has 118 valence electrons. The predicted octanol–water partition coefficient (Wildman–Crippen LogP) is 2.63. The average molecular weight is 297 g/mol. The summed E-state index contributed by atoms with van der Waals surface area (Å²) >= 11 is 0. The van der Waals surface area contributed by atoms with E-state index in [1.54, 1.807) is 4.90 Å². The molecule has 0 unspecified atom stereocenters. The minimum Gasteiger partial charge on any atom is -0.341 e. The molecule has 2 amide bonds. The van der Waals surface area contributed by atoms with Gasteiger partial charge in [0.1, 0.15) is 0 Å². The Bertz CT molecular complexity index is 392. The molecule has 0 radical (unpaired) electrons. The monoisotopic (exact) mass is 297 g/mol. The molecule has 0 aromatic heterocycles. The summed E-state index contributed by atoms with van der Waals surface area (Å²) in [6, 6.07) is 0. The summed E-state index contributed by atoms with van der Waals surface area (Å²) in [6.45, 7) is 2.92. The summed E-state index contributed by atoms with van der Waals surface area (Å²) < 4.78 is 0. The Kier molecular flexibility index (Phi) is 7.11. The van der Waals surface area contributed by atoms with Gasteiger partial charge < -0.3 is 4.90 Å². The number of nitroso groups, excluding NO2 is 2. The van der Waals surface area contributed by atoms with Crippen LogP contribution in [0.25, 0.3) is 0 Å². The van der Waals surface area contributed by atoms with Crippen LogP contribution in [-0.2, 0) is 9.59 Å². The molecule has 1 fully saturated rings. The first kappa shape index (κ1) is 17.4. The number of hydrogen-bond acceptors (Lipinski definition) is 5. The summed E-state index contributed by atoms with van der Waals surface area (Å²) in [5, 5.41) is 5.26. The molecule has 0 atom stereocenters. The number of hydrogen-bond donors (Lipinski definition) is 0. The zero-order chi connectivity index (χ0) is 15.7. The highest BCUT2D eigenvalue weighted by molar-refractivity contribution is 5.80. The zero-order valence-electron chi connectivity index (χ0n) is 12.5. The highest BCUT2D eigenvalue weighted by Crippen LogP contribution is 2.44. The summed E-state index contributed by atoms with van der Waals surface area (Å²) in [4.78, 5) is 46.0. The second kappa shape index (κ2) is 8.59. The van der Waals surface area contributed by atoms with Crippen molar-refractivity contribution < 1.29 is 9.59 Å². The second-order valence-electron chi connectivity index (χ2n) is 5.78. The van der Waals surface area contributed by atoms with Crippen molar-refractivity contribution in [3.05, 3.63) is 9.81 Å². The minimum atomic E-state index is -0.679. The molecule has 0 heterocycles. The van der Waals surface area contributed by atoms with Crippen LogP contribution in [0.3, 0.4) is 0 Å². The molecule has 0 aromatic rings. The smallest absolute Gasteiger partial charge is 0.286 e. The van der Waals surface area contributed by atoms with Crippen molar-refractivity contribution >= 4 is 11.8 Å². The van der Waals surface area contributed by atoms with Crippen molar-refractivity contribution in [3.63, 3.8) is 0 Å². The first-order valence-electron chi connectivity index (χ1n) is 7.50. The van der Waals surface area contributed by atoms with Gasteiger partial charge in [0, 0.05) is 31.1 Å². The van der Waals surface area contributed by atoms with Crippen LogP contribution in [0, 0.1) is 15.2 Å². The molecule has 1 rings (SSSR count). The van der Waals surface area contributed by atoms with Gasteiger partial charge in [0.15, 0.2) is 0 Å².